The molecule has 0 spiro atoms. The number of benzene rings is 2. The first-order valence-corrected chi connectivity index (χ1v) is 9.66. The van der Waals surface area contributed by atoms with E-state index in [0.717, 1.165) is 11.1 Å². The third kappa shape index (κ3) is 8.35. The van der Waals surface area contributed by atoms with Crippen LogP contribution in [0.4, 0.5) is 10.5 Å². The molecule has 0 aliphatic heterocycles. The van der Waals surface area contributed by atoms with Gasteiger partial charge in [0.15, 0.2) is 0 Å². The number of nitrogens with one attached hydrogen (secondary N) is 1. The van der Waals surface area contributed by atoms with Gasteiger partial charge in [-0.25, -0.2) is 4.79 Å². The summed E-state index contributed by atoms with van der Waals surface area (Å²) in [6.07, 6.45) is -0.224. The Morgan fingerprint density at radius 2 is 1.62 bits per heavy atom. The molecule has 0 aromatic heterocycles. The SMILES string of the molecule is COCCN(Cc1ccccc1)C(=O)Cc1ccc(NC(=O)OC(C)(C)C)cc1. The predicted octanol–water partition coefficient (Wildman–Crippen LogP) is 4.25. The van der Waals surface area contributed by atoms with Crippen molar-refractivity contribution in [3.05, 3.63) is 65.7 Å². The number of nitrogens with zero attached hydrogens (tertiary/aromatic N) is 1. The fourth-order valence-corrected chi connectivity index (χ4v) is 2.71. The van der Waals surface area contributed by atoms with Gasteiger partial charge in [-0.3, -0.25) is 10.1 Å². The Kier molecular flexibility index (Phi) is 8.21. The minimum absolute atomic E-state index is 0.0266. The Morgan fingerprint density at radius 3 is 2.21 bits per heavy atom. The van der Waals surface area contributed by atoms with E-state index in [1.54, 1.807) is 24.1 Å². The minimum Gasteiger partial charge on any atom is -0.444 e. The standard InChI is InChI=1S/C23H30N2O4/c1-23(2,3)29-22(27)24-20-12-10-18(11-13-20)16-21(26)25(14-15-28-4)17-19-8-6-5-7-9-19/h5-13H,14-17H2,1-4H3,(H,24,27). The van der Waals surface area contributed by atoms with Crippen molar-refractivity contribution >= 4 is 17.7 Å². The van der Waals surface area contributed by atoms with E-state index in [1.165, 1.54) is 0 Å². The van der Waals surface area contributed by atoms with Crippen molar-refractivity contribution in [2.75, 3.05) is 25.6 Å². The summed E-state index contributed by atoms with van der Waals surface area (Å²) < 4.78 is 10.4. The maximum atomic E-state index is 12.8. The van der Waals surface area contributed by atoms with Crippen LogP contribution in [-0.4, -0.2) is 42.8 Å². The van der Waals surface area contributed by atoms with Crippen LogP contribution in [0.15, 0.2) is 54.6 Å². The van der Waals surface area contributed by atoms with Gasteiger partial charge in [-0.05, 0) is 44.0 Å². The van der Waals surface area contributed by atoms with Gasteiger partial charge in [-0.2, -0.15) is 0 Å². The molecule has 0 saturated heterocycles. The van der Waals surface area contributed by atoms with Gasteiger partial charge in [0.1, 0.15) is 5.60 Å². The number of carbonyl (C=O) groups excluding carboxylic acids is 2. The quantitative estimate of drug-likeness (QED) is 0.722. The first-order chi connectivity index (χ1) is 13.8. The second-order valence-corrected chi connectivity index (χ2v) is 7.79. The number of amides is 2. The lowest BCUT2D eigenvalue weighted by molar-refractivity contribution is -0.131. The molecule has 2 amide bonds. The highest BCUT2D eigenvalue weighted by atomic mass is 16.6. The highest BCUT2D eigenvalue weighted by Gasteiger charge is 2.17. The Hall–Kier alpha value is -2.86. The highest BCUT2D eigenvalue weighted by Crippen LogP contribution is 2.14. The van der Waals surface area contributed by atoms with Crippen molar-refractivity contribution in [2.24, 2.45) is 0 Å². The molecule has 0 saturated carbocycles. The van der Waals surface area contributed by atoms with E-state index in [-0.39, 0.29) is 12.3 Å². The van der Waals surface area contributed by atoms with E-state index in [2.05, 4.69) is 5.32 Å². The van der Waals surface area contributed by atoms with Gasteiger partial charge in [0.05, 0.1) is 13.0 Å². The average Bonchev–Trinajstić information content (AvgIpc) is 2.66. The van der Waals surface area contributed by atoms with Gasteiger partial charge in [-0.15, -0.1) is 0 Å². The van der Waals surface area contributed by atoms with Crippen LogP contribution in [0.1, 0.15) is 31.9 Å². The van der Waals surface area contributed by atoms with E-state index < -0.39 is 11.7 Å². The lowest BCUT2D eigenvalue weighted by Crippen LogP contribution is -2.34. The normalized spacial score (nSPS) is 11.0. The number of methoxy groups -OCH3 is 1. The largest absolute Gasteiger partial charge is 0.444 e. The zero-order valence-electron chi connectivity index (χ0n) is 17.6. The minimum atomic E-state index is -0.555. The lowest BCUT2D eigenvalue weighted by atomic mass is 10.1. The summed E-state index contributed by atoms with van der Waals surface area (Å²) in [5.74, 6) is 0.0266. The van der Waals surface area contributed by atoms with E-state index in [9.17, 15) is 9.59 Å². The van der Waals surface area contributed by atoms with Crippen molar-refractivity contribution in [1.29, 1.82) is 0 Å². The molecule has 2 aromatic carbocycles. The maximum Gasteiger partial charge on any atom is 0.412 e. The number of hydrogen-bond acceptors (Lipinski definition) is 4. The van der Waals surface area contributed by atoms with Gasteiger partial charge in [0.25, 0.3) is 0 Å². The lowest BCUT2D eigenvalue weighted by Gasteiger charge is -2.23. The summed E-state index contributed by atoms with van der Waals surface area (Å²) >= 11 is 0. The number of ether oxygens (including phenoxy) is 2. The number of hydrogen-bond donors (Lipinski definition) is 1. The molecule has 0 bridgehead atoms. The molecule has 0 aliphatic carbocycles. The molecule has 6 nitrogen and oxygen atoms in total. The van der Waals surface area contributed by atoms with Crippen LogP contribution in [0, 0.1) is 0 Å². The van der Waals surface area contributed by atoms with Gasteiger partial charge in [-0.1, -0.05) is 42.5 Å². The van der Waals surface area contributed by atoms with Gasteiger partial charge >= 0.3 is 6.09 Å². The van der Waals surface area contributed by atoms with Crippen molar-refractivity contribution in [2.45, 2.75) is 39.3 Å². The number of anilines is 1. The summed E-state index contributed by atoms with van der Waals surface area (Å²) in [5.41, 5.74) is 2.02. The maximum absolute atomic E-state index is 12.8. The number of carbonyl (C=O) groups is 2. The molecule has 0 atom stereocenters. The van der Waals surface area contributed by atoms with Crippen molar-refractivity contribution < 1.29 is 19.1 Å². The average molecular weight is 399 g/mol. The Balaban J connectivity index is 1.97. The molecule has 0 aliphatic rings. The second kappa shape index (κ2) is 10.6. The molecule has 0 radical (unpaired) electrons. The first kappa shape index (κ1) is 22.4. The van der Waals surface area contributed by atoms with Gasteiger partial charge in [0, 0.05) is 25.9 Å². The second-order valence-electron chi connectivity index (χ2n) is 7.79. The van der Waals surface area contributed by atoms with E-state index in [0.29, 0.717) is 25.4 Å². The van der Waals surface area contributed by atoms with Gasteiger partial charge < -0.3 is 14.4 Å². The van der Waals surface area contributed by atoms with Crippen LogP contribution >= 0.6 is 0 Å². The molecular weight excluding hydrogens is 368 g/mol. The summed E-state index contributed by atoms with van der Waals surface area (Å²) in [6, 6.07) is 17.1. The zero-order valence-corrected chi connectivity index (χ0v) is 17.6. The fraction of sp³-hybridized carbons (Fsp3) is 0.391. The third-order valence-electron chi connectivity index (χ3n) is 4.09. The van der Waals surface area contributed by atoms with Crippen LogP contribution in [0.5, 0.6) is 0 Å². The molecule has 2 rings (SSSR count). The summed E-state index contributed by atoms with van der Waals surface area (Å²) in [4.78, 5) is 26.5. The van der Waals surface area contributed by atoms with Crippen LogP contribution in [-0.2, 0) is 27.2 Å². The van der Waals surface area contributed by atoms with Crippen molar-refractivity contribution in [1.82, 2.24) is 4.90 Å². The predicted molar refractivity (Wildman–Crippen MR) is 114 cm³/mol. The zero-order chi connectivity index (χ0) is 21.3. The molecule has 0 fully saturated rings. The molecular formula is C23H30N2O4. The Labute approximate surface area is 172 Å². The molecule has 1 N–H and O–H groups in total. The first-order valence-electron chi connectivity index (χ1n) is 9.66. The Bertz CT molecular complexity index is 783. The molecule has 0 heterocycles. The molecule has 6 heteroatoms. The summed E-state index contributed by atoms with van der Waals surface area (Å²) in [7, 11) is 1.63. The Morgan fingerprint density at radius 1 is 0.966 bits per heavy atom. The van der Waals surface area contributed by atoms with Crippen LogP contribution in [0.2, 0.25) is 0 Å². The molecule has 156 valence electrons. The van der Waals surface area contributed by atoms with Crippen LogP contribution in [0.25, 0.3) is 0 Å². The third-order valence-corrected chi connectivity index (χ3v) is 4.09. The molecule has 0 unspecified atom stereocenters. The monoisotopic (exact) mass is 398 g/mol. The van der Waals surface area contributed by atoms with Crippen LogP contribution in [0.3, 0.4) is 0 Å². The number of rotatable bonds is 8. The topological polar surface area (TPSA) is 67.9 Å². The van der Waals surface area contributed by atoms with Gasteiger partial charge in [0.2, 0.25) is 5.91 Å². The molecule has 2 aromatic rings. The smallest absolute Gasteiger partial charge is 0.412 e. The fourth-order valence-electron chi connectivity index (χ4n) is 2.71. The van der Waals surface area contributed by atoms with Crippen LogP contribution < -0.4 is 5.32 Å². The summed E-state index contributed by atoms with van der Waals surface area (Å²) in [5, 5.41) is 2.69. The highest BCUT2D eigenvalue weighted by molar-refractivity contribution is 5.85. The van der Waals surface area contributed by atoms with Crippen molar-refractivity contribution in [3.63, 3.8) is 0 Å². The molecule has 29 heavy (non-hydrogen) atoms. The van der Waals surface area contributed by atoms with E-state index in [1.807, 2.05) is 63.2 Å². The van der Waals surface area contributed by atoms with E-state index in [4.69, 9.17) is 9.47 Å². The summed E-state index contributed by atoms with van der Waals surface area (Å²) in [6.45, 7) is 6.99. The van der Waals surface area contributed by atoms with Crippen molar-refractivity contribution in [3.8, 4) is 0 Å². The van der Waals surface area contributed by atoms with E-state index >= 15 is 0 Å².